The van der Waals surface area contributed by atoms with Crippen molar-refractivity contribution in [3.8, 4) is 0 Å². The number of pyridine rings is 1. The summed E-state index contributed by atoms with van der Waals surface area (Å²) >= 11 is 0. The number of carbonyl (C=O) groups is 1. The predicted molar refractivity (Wildman–Crippen MR) is 89.9 cm³/mol. The first-order valence-corrected chi connectivity index (χ1v) is 7.81. The Morgan fingerprint density at radius 3 is 2.71 bits per heavy atom. The smallest absolute Gasteiger partial charge is 0.293 e. The predicted octanol–water partition coefficient (Wildman–Crippen LogP) is 3.01. The van der Waals surface area contributed by atoms with Gasteiger partial charge >= 0.3 is 0 Å². The molecule has 1 aliphatic heterocycles. The fourth-order valence-corrected chi connectivity index (χ4v) is 2.58. The highest BCUT2D eigenvalue weighted by atomic mass is 16.6. The molecule has 1 saturated heterocycles. The van der Waals surface area contributed by atoms with Crippen LogP contribution in [0.2, 0.25) is 0 Å². The lowest BCUT2D eigenvalue weighted by Gasteiger charge is -2.30. The zero-order chi connectivity index (χ0) is 17.1. The number of nitrogens with zero attached hydrogens (tertiary/aromatic N) is 3. The largest absolute Gasteiger partial charge is 0.371 e. The molecule has 0 unspecified atom stereocenters. The second-order valence-electron chi connectivity index (χ2n) is 5.76. The molecule has 24 heavy (non-hydrogen) atoms. The third kappa shape index (κ3) is 3.19. The minimum atomic E-state index is -0.472. The zero-order valence-electron chi connectivity index (χ0n) is 13.3. The van der Waals surface area contributed by atoms with Gasteiger partial charge in [-0.3, -0.25) is 19.9 Å². The van der Waals surface area contributed by atoms with Crippen molar-refractivity contribution in [3.05, 3.63) is 64.0 Å². The van der Waals surface area contributed by atoms with Crippen molar-refractivity contribution < 1.29 is 9.72 Å². The van der Waals surface area contributed by atoms with Gasteiger partial charge in [-0.1, -0.05) is 6.07 Å². The van der Waals surface area contributed by atoms with Crippen molar-refractivity contribution in [1.29, 1.82) is 0 Å². The van der Waals surface area contributed by atoms with E-state index < -0.39 is 4.92 Å². The van der Waals surface area contributed by atoms with Crippen molar-refractivity contribution in [2.75, 3.05) is 18.4 Å². The molecule has 0 aliphatic carbocycles. The summed E-state index contributed by atoms with van der Waals surface area (Å²) in [5.74, 6) is -0.159. The van der Waals surface area contributed by atoms with E-state index in [1.807, 2.05) is 25.1 Å². The van der Waals surface area contributed by atoms with Crippen LogP contribution in [0.1, 0.15) is 35.4 Å². The lowest BCUT2D eigenvalue weighted by molar-refractivity contribution is -0.384. The molecule has 0 spiro atoms. The molecule has 2 aromatic rings. The van der Waals surface area contributed by atoms with Crippen LogP contribution in [0.25, 0.3) is 0 Å². The number of nitrogens with one attached hydrogen (secondary N) is 1. The van der Waals surface area contributed by atoms with Crippen molar-refractivity contribution >= 4 is 17.3 Å². The molecule has 0 bridgehead atoms. The number of nitro benzene ring substituents is 1. The SMILES string of the molecule is C[C@H](Nc1ccc(C(=O)N2CCC2)cc1[N+](=O)[O-])c1ccccn1. The van der Waals surface area contributed by atoms with Gasteiger partial charge in [0.1, 0.15) is 5.69 Å². The van der Waals surface area contributed by atoms with Gasteiger partial charge < -0.3 is 10.2 Å². The van der Waals surface area contributed by atoms with Gasteiger partial charge in [-0.25, -0.2) is 0 Å². The van der Waals surface area contributed by atoms with Crippen LogP contribution >= 0.6 is 0 Å². The molecular weight excluding hydrogens is 308 g/mol. The molecular formula is C17H18N4O3. The second kappa shape index (κ2) is 6.66. The number of benzene rings is 1. The van der Waals surface area contributed by atoms with Gasteiger partial charge in [0.05, 0.1) is 16.7 Å². The van der Waals surface area contributed by atoms with Crippen LogP contribution in [-0.2, 0) is 0 Å². The molecule has 124 valence electrons. The Balaban J connectivity index is 1.84. The minimum Gasteiger partial charge on any atom is -0.371 e. The Labute approximate surface area is 139 Å². The fourth-order valence-electron chi connectivity index (χ4n) is 2.58. The molecule has 1 atom stereocenters. The summed E-state index contributed by atoms with van der Waals surface area (Å²) in [7, 11) is 0. The van der Waals surface area contributed by atoms with E-state index in [-0.39, 0.29) is 17.6 Å². The van der Waals surface area contributed by atoms with Crippen LogP contribution in [0.4, 0.5) is 11.4 Å². The molecule has 1 N–H and O–H groups in total. The highest BCUT2D eigenvalue weighted by molar-refractivity contribution is 5.96. The van der Waals surface area contributed by atoms with Crippen LogP contribution in [0.15, 0.2) is 42.6 Å². The van der Waals surface area contributed by atoms with E-state index in [9.17, 15) is 14.9 Å². The summed E-state index contributed by atoms with van der Waals surface area (Å²) in [6.07, 6.45) is 2.66. The van der Waals surface area contributed by atoms with E-state index in [1.165, 1.54) is 6.07 Å². The van der Waals surface area contributed by atoms with Gasteiger partial charge in [0.25, 0.3) is 11.6 Å². The average molecular weight is 326 g/mol. The average Bonchev–Trinajstić information content (AvgIpc) is 2.54. The molecule has 7 nitrogen and oxygen atoms in total. The van der Waals surface area contributed by atoms with E-state index >= 15 is 0 Å². The Kier molecular flexibility index (Phi) is 4.41. The first-order chi connectivity index (χ1) is 11.6. The van der Waals surface area contributed by atoms with Crippen molar-refractivity contribution in [2.24, 2.45) is 0 Å². The molecule has 1 fully saturated rings. The molecule has 1 amide bonds. The van der Waals surface area contributed by atoms with Crippen molar-refractivity contribution in [3.63, 3.8) is 0 Å². The van der Waals surface area contributed by atoms with Gasteiger partial charge in [0, 0.05) is 30.9 Å². The number of nitro groups is 1. The minimum absolute atomic E-state index is 0.107. The van der Waals surface area contributed by atoms with Crippen LogP contribution in [0, 0.1) is 10.1 Å². The van der Waals surface area contributed by atoms with E-state index in [0.29, 0.717) is 24.3 Å². The van der Waals surface area contributed by atoms with Gasteiger partial charge in [0.2, 0.25) is 0 Å². The molecule has 2 heterocycles. The van der Waals surface area contributed by atoms with E-state index in [1.54, 1.807) is 23.2 Å². The molecule has 1 aromatic carbocycles. The summed E-state index contributed by atoms with van der Waals surface area (Å²) < 4.78 is 0. The molecule has 3 rings (SSSR count). The lowest BCUT2D eigenvalue weighted by atomic mass is 10.1. The number of aromatic nitrogens is 1. The summed E-state index contributed by atoms with van der Waals surface area (Å²) in [5, 5.41) is 14.5. The zero-order valence-corrected chi connectivity index (χ0v) is 13.3. The third-order valence-electron chi connectivity index (χ3n) is 4.09. The number of likely N-dealkylation sites (tertiary alicyclic amines) is 1. The summed E-state index contributed by atoms with van der Waals surface area (Å²) in [6, 6.07) is 9.89. The molecule has 1 aromatic heterocycles. The standard InChI is InChI=1S/C17H18N4O3/c1-12(14-5-2-3-8-18-14)19-15-7-6-13(11-16(15)21(23)24)17(22)20-9-4-10-20/h2-3,5-8,11-12,19H,4,9-10H2,1H3/t12-/m0/s1. The molecule has 0 radical (unpaired) electrons. The number of carbonyl (C=O) groups excluding carboxylic acids is 1. The van der Waals surface area contributed by atoms with Gasteiger partial charge in [0.15, 0.2) is 0 Å². The second-order valence-corrected chi connectivity index (χ2v) is 5.76. The Bertz CT molecular complexity index is 760. The van der Waals surface area contributed by atoms with Crippen LogP contribution in [0.3, 0.4) is 0 Å². The topological polar surface area (TPSA) is 88.4 Å². The quantitative estimate of drug-likeness (QED) is 0.674. The normalized spacial score (nSPS) is 14.6. The maximum Gasteiger partial charge on any atom is 0.293 e. The fraction of sp³-hybridized carbons (Fsp3) is 0.294. The van der Waals surface area contributed by atoms with Crippen molar-refractivity contribution in [1.82, 2.24) is 9.88 Å². The summed E-state index contributed by atoms with van der Waals surface area (Å²) in [5.41, 5.74) is 1.40. The first kappa shape index (κ1) is 15.9. The lowest BCUT2D eigenvalue weighted by Crippen LogP contribution is -2.42. The monoisotopic (exact) mass is 326 g/mol. The van der Waals surface area contributed by atoms with Crippen molar-refractivity contribution in [2.45, 2.75) is 19.4 Å². The Morgan fingerprint density at radius 1 is 1.33 bits per heavy atom. The number of anilines is 1. The molecule has 0 saturated carbocycles. The van der Waals surface area contributed by atoms with Gasteiger partial charge in [-0.15, -0.1) is 0 Å². The maximum absolute atomic E-state index is 12.2. The first-order valence-electron chi connectivity index (χ1n) is 7.81. The molecule has 1 aliphatic rings. The van der Waals surface area contributed by atoms with Gasteiger partial charge in [-0.2, -0.15) is 0 Å². The highest BCUT2D eigenvalue weighted by Crippen LogP contribution is 2.29. The van der Waals surface area contributed by atoms with E-state index in [0.717, 1.165) is 12.1 Å². The summed E-state index contributed by atoms with van der Waals surface area (Å²) in [6.45, 7) is 3.30. The van der Waals surface area contributed by atoms with E-state index in [4.69, 9.17) is 0 Å². The maximum atomic E-state index is 12.2. The Hall–Kier alpha value is -2.96. The highest BCUT2D eigenvalue weighted by Gasteiger charge is 2.25. The number of hydrogen-bond acceptors (Lipinski definition) is 5. The van der Waals surface area contributed by atoms with Crippen LogP contribution < -0.4 is 5.32 Å². The number of amides is 1. The van der Waals surface area contributed by atoms with Gasteiger partial charge in [-0.05, 0) is 37.6 Å². The summed E-state index contributed by atoms with van der Waals surface area (Å²) in [4.78, 5) is 29.1. The van der Waals surface area contributed by atoms with E-state index in [2.05, 4.69) is 10.3 Å². The third-order valence-corrected chi connectivity index (χ3v) is 4.09. The Morgan fingerprint density at radius 2 is 2.12 bits per heavy atom. The molecule has 7 heteroatoms. The van der Waals surface area contributed by atoms with Crippen LogP contribution in [0.5, 0.6) is 0 Å². The number of hydrogen-bond donors (Lipinski definition) is 1. The van der Waals surface area contributed by atoms with Crippen LogP contribution in [-0.4, -0.2) is 33.8 Å². The number of rotatable bonds is 5.